The number of aryl methyl sites for hydroxylation is 1. The minimum Gasteiger partial charge on any atom is -0.317 e. The summed E-state index contributed by atoms with van der Waals surface area (Å²) in [7, 11) is 0. The van der Waals surface area contributed by atoms with Gasteiger partial charge in [0.25, 0.3) is 0 Å². The fourth-order valence-electron chi connectivity index (χ4n) is 1.14. The first-order valence-electron chi connectivity index (χ1n) is 4.53. The van der Waals surface area contributed by atoms with Gasteiger partial charge in [-0.1, -0.05) is 6.92 Å². The Morgan fingerprint density at radius 2 is 2.08 bits per heavy atom. The van der Waals surface area contributed by atoms with Crippen LogP contribution in [0.4, 0.5) is 0 Å². The summed E-state index contributed by atoms with van der Waals surface area (Å²) >= 11 is 0. The molecule has 0 unspecified atom stereocenters. The number of nitrogens with one attached hydrogen (secondary N) is 1. The Bertz CT molecular complexity index is 196. The molecule has 0 aliphatic heterocycles. The molecule has 0 saturated heterocycles. The van der Waals surface area contributed by atoms with E-state index in [1.54, 1.807) is 0 Å². The average Bonchev–Trinajstić information content (AvgIpc) is 2.14. The molecule has 0 aliphatic carbocycles. The van der Waals surface area contributed by atoms with Crippen LogP contribution >= 0.6 is 0 Å². The summed E-state index contributed by atoms with van der Waals surface area (Å²) < 4.78 is 0. The van der Waals surface area contributed by atoms with Crippen molar-refractivity contribution in [1.29, 1.82) is 0 Å². The van der Waals surface area contributed by atoms with Crippen LogP contribution in [-0.2, 0) is 6.42 Å². The van der Waals surface area contributed by atoms with Crippen molar-refractivity contribution < 1.29 is 0 Å². The van der Waals surface area contributed by atoms with Crippen molar-refractivity contribution in [2.75, 3.05) is 13.1 Å². The third kappa shape index (κ3) is 3.49. The average molecular weight is 164 g/mol. The SMILES string of the molecule is CCNCCCc1ccncc1. The Kier molecular flexibility index (Phi) is 4.39. The molecule has 1 aromatic rings. The lowest BCUT2D eigenvalue weighted by atomic mass is 10.1. The second-order valence-electron chi connectivity index (χ2n) is 2.81. The highest BCUT2D eigenvalue weighted by Crippen LogP contribution is 1.99. The minimum atomic E-state index is 1.07. The lowest BCUT2D eigenvalue weighted by Crippen LogP contribution is -2.14. The maximum atomic E-state index is 3.97. The highest BCUT2D eigenvalue weighted by atomic mass is 14.8. The van der Waals surface area contributed by atoms with E-state index in [0.29, 0.717) is 0 Å². The zero-order valence-corrected chi connectivity index (χ0v) is 7.59. The quantitative estimate of drug-likeness (QED) is 0.669. The number of rotatable bonds is 5. The summed E-state index contributed by atoms with van der Waals surface area (Å²) in [5.41, 5.74) is 1.38. The van der Waals surface area contributed by atoms with E-state index in [1.165, 1.54) is 12.0 Å². The van der Waals surface area contributed by atoms with E-state index in [4.69, 9.17) is 0 Å². The van der Waals surface area contributed by atoms with Crippen LogP contribution in [0.2, 0.25) is 0 Å². The van der Waals surface area contributed by atoms with Crippen molar-refractivity contribution in [2.24, 2.45) is 0 Å². The summed E-state index contributed by atoms with van der Waals surface area (Å²) in [4.78, 5) is 3.97. The molecule has 0 aromatic carbocycles. The van der Waals surface area contributed by atoms with E-state index >= 15 is 0 Å². The second kappa shape index (κ2) is 5.72. The third-order valence-electron chi connectivity index (χ3n) is 1.82. The second-order valence-corrected chi connectivity index (χ2v) is 2.81. The largest absolute Gasteiger partial charge is 0.317 e. The molecule has 12 heavy (non-hydrogen) atoms. The van der Waals surface area contributed by atoms with Crippen molar-refractivity contribution in [3.63, 3.8) is 0 Å². The van der Waals surface area contributed by atoms with Crippen molar-refractivity contribution >= 4 is 0 Å². The van der Waals surface area contributed by atoms with E-state index in [2.05, 4.69) is 29.4 Å². The Morgan fingerprint density at radius 1 is 1.33 bits per heavy atom. The molecule has 0 atom stereocenters. The van der Waals surface area contributed by atoms with Crippen LogP contribution in [-0.4, -0.2) is 18.1 Å². The van der Waals surface area contributed by atoms with Gasteiger partial charge in [-0.25, -0.2) is 0 Å². The Balaban J connectivity index is 2.16. The predicted molar refractivity (Wildman–Crippen MR) is 51.1 cm³/mol. The van der Waals surface area contributed by atoms with Gasteiger partial charge >= 0.3 is 0 Å². The molecule has 0 fully saturated rings. The van der Waals surface area contributed by atoms with Gasteiger partial charge in [-0.05, 0) is 43.6 Å². The fourth-order valence-corrected chi connectivity index (χ4v) is 1.14. The van der Waals surface area contributed by atoms with Gasteiger partial charge < -0.3 is 5.32 Å². The number of hydrogen-bond donors (Lipinski definition) is 1. The first-order chi connectivity index (χ1) is 5.93. The lowest BCUT2D eigenvalue weighted by molar-refractivity contribution is 0.672. The smallest absolute Gasteiger partial charge is 0.0270 e. The number of aromatic nitrogens is 1. The summed E-state index contributed by atoms with van der Waals surface area (Å²) in [5, 5.41) is 3.30. The molecule has 0 radical (unpaired) electrons. The van der Waals surface area contributed by atoms with E-state index in [0.717, 1.165) is 19.5 Å². The Hall–Kier alpha value is -0.890. The van der Waals surface area contributed by atoms with Crippen molar-refractivity contribution in [1.82, 2.24) is 10.3 Å². The van der Waals surface area contributed by atoms with Crippen LogP contribution < -0.4 is 5.32 Å². The summed E-state index contributed by atoms with van der Waals surface area (Å²) in [6.45, 7) is 4.31. The van der Waals surface area contributed by atoms with Crippen molar-refractivity contribution in [3.05, 3.63) is 30.1 Å². The van der Waals surface area contributed by atoms with Gasteiger partial charge in [0.15, 0.2) is 0 Å². The molecule has 2 heteroatoms. The van der Waals surface area contributed by atoms with E-state index < -0.39 is 0 Å². The first kappa shape index (κ1) is 9.20. The van der Waals surface area contributed by atoms with Crippen LogP contribution in [0.15, 0.2) is 24.5 Å². The first-order valence-corrected chi connectivity index (χ1v) is 4.53. The minimum absolute atomic E-state index is 1.07. The van der Waals surface area contributed by atoms with Gasteiger partial charge in [0.05, 0.1) is 0 Å². The molecular weight excluding hydrogens is 148 g/mol. The third-order valence-corrected chi connectivity index (χ3v) is 1.82. The van der Waals surface area contributed by atoms with E-state index in [-0.39, 0.29) is 0 Å². The molecule has 1 aromatic heterocycles. The van der Waals surface area contributed by atoms with Crippen LogP contribution in [0.5, 0.6) is 0 Å². The lowest BCUT2D eigenvalue weighted by Gasteiger charge is -2.01. The fraction of sp³-hybridized carbons (Fsp3) is 0.500. The monoisotopic (exact) mass is 164 g/mol. The molecule has 2 nitrogen and oxygen atoms in total. The molecule has 0 amide bonds. The molecule has 66 valence electrons. The van der Waals surface area contributed by atoms with Gasteiger partial charge in [-0.2, -0.15) is 0 Å². The number of nitrogens with zero attached hydrogens (tertiary/aromatic N) is 1. The zero-order chi connectivity index (χ0) is 8.65. The molecule has 0 saturated carbocycles. The van der Waals surface area contributed by atoms with Crippen LogP contribution in [0.25, 0.3) is 0 Å². The maximum Gasteiger partial charge on any atom is 0.0270 e. The number of hydrogen-bond acceptors (Lipinski definition) is 2. The topological polar surface area (TPSA) is 24.9 Å². The molecular formula is C10H16N2. The molecule has 1 heterocycles. The maximum absolute atomic E-state index is 3.97. The van der Waals surface area contributed by atoms with Gasteiger partial charge in [-0.3, -0.25) is 4.98 Å². The molecule has 0 bridgehead atoms. The van der Waals surface area contributed by atoms with Gasteiger partial charge in [0, 0.05) is 12.4 Å². The van der Waals surface area contributed by atoms with Crippen molar-refractivity contribution in [2.45, 2.75) is 19.8 Å². The molecule has 1 N–H and O–H groups in total. The summed E-state index contributed by atoms with van der Waals surface area (Å²) in [5.74, 6) is 0. The molecule has 0 aliphatic rings. The van der Waals surface area contributed by atoms with Gasteiger partial charge in [0.1, 0.15) is 0 Å². The summed E-state index contributed by atoms with van der Waals surface area (Å²) in [6.07, 6.45) is 6.05. The van der Waals surface area contributed by atoms with E-state index in [9.17, 15) is 0 Å². The van der Waals surface area contributed by atoms with Crippen LogP contribution in [0.1, 0.15) is 18.9 Å². The standard InChI is InChI=1S/C10H16N2/c1-2-11-7-3-4-10-5-8-12-9-6-10/h5-6,8-9,11H,2-4,7H2,1H3. The highest BCUT2D eigenvalue weighted by molar-refractivity contribution is 5.09. The Labute approximate surface area is 74.0 Å². The normalized spacial score (nSPS) is 10.1. The van der Waals surface area contributed by atoms with Gasteiger partial charge in [0.2, 0.25) is 0 Å². The highest BCUT2D eigenvalue weighted by Gasteiger charge is 1.90. The molecule has 0 spiro atoms. The van der Waals surface area contributed by atoms with Crippen LogP contribution in [0, 0.1) is 0 Å². The number of pyridine rings is 1. The Morgan fingerprint density at radius 3 is 2.75 bits per heavy atom. The summed E-state index contributed by atoms with van der Waals surface area (Å²) in [6, 6.07) is 4.15. The zero-order valence-electron chi connectivity index (χ0n) is 7.59. The molecule has 1 rings (SSSR count). The van der Waals surface area contributed by atoms with Crippen molar-refractivity contribution in [3.8, 4) is 0 Å². The van der Waals surface area contributed by atoms with E-state index in [1.807, 2.05) is 12.4 Å². The predicted octanol–water partition coefficient (Wildman–Crippen LogP) is 1.62. The van der Waals surface area contributed by atoms with Gasteiger partial charge in [-0.15, -0.1) is 0 Å². The van der Waals surface area contributed by atoms with Crippen LogP contribution in [0.3, 0.4) is 0 Å².